The Labute approximate surface area is 101 Å². The first-order chi connectivity index (χ1) is 7.88. The molecule has 0 aromatic heterocycles. The monoisotopic (exact) mass is 246 g/mol. The minimum Gasteiger partial charge on any atom is -0.481 e. The van der Waals surface area contributed by atoms with Crippen molar-refractivity contribution in [2.24, 2.45) is 11.8 Å². The van der Waals surface area contributed by atoms with E-state index in [0.29, 0.717) is 12.3 Å². The summed E-state index contributed by atoms with van der Waals surface area (Å²) >= 11 is 0. The Morgan fingerprint density at radius 3 is 2.00 bits per heavy atom. The molecule has 0 radical (unpaired) electrons. The van der Waals surface area contributed by atoms with Gasteiger partial charge in [0.1, 0.15) is 0 Å². The Morgan fingerprint density at radius 2 is 1.59 bits per heavy atom. The van der Waals surface area contributed by atoms with Crippen LogP contribution in [0.25, 0.3) is 0 Å². The van der Waals surface area contributed by atoms with Crippen LogP contribution in [0.5, 0.6) is 0 Å². The second-order valence-electron chi connectivity index (χ2n) is 4.59. The van der Waals surface area contributed by atoms with E-state index in [-0.39, 0.29) is 12.8 Å². The van der Waals surface area contributed by atoms with Crippen molar-refractivity contribution >= 4 is 11.9 Å². The molecule has 3 N–H and O–H groups in total. The van der Waals surface area contributed by atoms with E-state index in [2.05, 4.69) is 6.92 Å². The molecule has 0 aromatic rings. The molecule has 17 heavy (non-hydrogen) atoms. The van der Waals surface area contributed by atoms with Crippen molar-refractivity contribution < 1.29 is 24.9 Å². The van der Waals surface area contributed by atoms with Crippen LogP contribution in [0.2, 0.25) is 0 Å². The second-order valence-corrected chi connectivity index (χ2v) is 4.59. The maximum Gasteiger partial charge on any atom is 0.317 e. The molecule has 0 aliphatic heterocycles. The van der Waals surface area contributed by atoms with Gasteiger partial charge in [-0.25, -0.2) is 0 Å². The Morgan fingerprint density at radius 1 is 1.06 bits per heavy atom. The zero-order valence-electron chi connectivity index (χ0n) is 10.4. The van der Waals surface area contributed by atoms with Crippen molar-refractivity contribution in [2.75, 3.05) is 0 Å². The summed E-state index contributed by atoms with van der Waals surface area (Å²) in [5.41, 5.74) is 0. The third-order valence-corrected chi connectivity index (χ3v) is 2.84. The van der Waals surface area contributed by atoms with E-state index in [0.717, 1.165) is 12.8 Å². The molecule has 0 rings (SSSR count). The average molecular weight is 246 g/mol. The molecule has 0 bridgehead atoms. The first-order valence-corrected chi connectivity index (χ1v) is 6.02. The van der Waals surface area contributed by atoms with Crippen LogP contribution in [0.15, 0.2) is 0 Å². The molecule has 0 saturated heterocycles. The number of hydrogen-bond acceptors (Lipinski definition) is 3. The molecule has 2 unspecified atom stereocenters. The van der Waals surface area contributed by atoms with E-state index in [9.17, 15) is 14.7 Å². The van der Waals surface area contributed by atoms with Crippen LogP contribution >= 0.6 is 0 Å². The molecule has 0 aromatic carbocycles. The molecular formula is C12H22O5. The number of carbonyl (C=O) groups is 2. The van der Waals surface area contributed by atoms with Crippen LogP contribution in [0.1, 0.15) is 46.0 Å². The fraction of sp³-hybridized carbons (Fsp3) is 0.833. The molecule has 0 fully saturated rings. The van der Waals surface area contributed by atoms with Gasteiger partial charge in [-0.3, -0.25) is 9.59 Å². The van der Waals surface area contributed by atoms with Crippen LogP contribution in [-0.4, -0.2) is 33.4 Å². The molecule has 0 heterocycles. The maximum absolute atomic E-state index is 10.6. The van der Waals surface area contributed by atoms with Gasteiger partial charge in [-0.1, -0.05) is 26.7 Å². The van der Waals surface area contributed by atoms with Crippen molar-refractivity contribution in [3.8, 4) is 0 Å². The number of aliphatic carboxylic acids is 2. The highest BCUT2D eigenvalue weighted by Gasteiger charge is 2.26. The Hall–Kier alpha value is -1.10. The van der Waals surface area contributed by atoms with E-state index in [4.69, 9.17) is 10.2 Å². The zero-order chi connectivity index (χ0) is 13.4. The topological polar surface area (TPSA) is 94.8 Å². The summed E-state index contributed by atoms with van der Waals surface area (Å²) in [6, 6.07) is 0. The predicted octanol–water partition coefficient (Wildman–Crippen LogP) is 1.74. The number of carboxylic acids is 2. The molecule has 0 saturated carbocycles. The zero-order valence-corrected chi connectivity index (χ0v) is 10.4. The van der Waals surface area contributed by atoms with Crippen molar-refractivity contribution in [3.05, 3.63) is 0 Å². The third-order valence-electron chi connectivity index (χ3n) is 2.84. The predicted molar refractivity (Wildman–Crippen MR) is 62.7 cm³/mol. The van der Waals surface area contributed by atoms with Gasteiger partial charge in [0.25, 0.3) is 0 Å². The fourth-order valence-electron chi connectivity index (χ4n) is 1.90. The fourth-order valence-corrected chi connectivity index (χ4v) is 1.90. The van der Waals surface area contributed by atoms with Gasteiger partial charge in [-0.15, -0.1) is 0 Å². The normalized spacial score (nSPS) is 14.6. The Kier molecular flexibility index (Phi) is 7.54. The van der Waals surface area contributed by atoms with E-state index >= 15 is 0 Å². The molecule has 0 amide bonds. The van der Waals surface area contributed by atoms with Crippen LogP contribution < -0.4 is 0 Å². The lowest BCUT2D eigenvalue weighted by molar-refractivity contribution is -0.155. The van der Waals surface area contributed by atoms with Gasteiger partial charge in [0.2, 0.25) is 0 Å². The Balaban J connectivity index is 4.00. The smallest absolute Gasteiger partial charge is 0.317 e. The van der Waals surface area contributed by atoms with Crippen molar-refractivity contribution in [1.82, 2.24) is 0 Å². The van der Waals surface area contributed by atoms with E-state index in [1.165, 1.54) is 0 Å². The molecule has 2 atom stereocenters. The lowest BCUT2D eigenvalue weighted by atomic mass is 9.94. The number of carboxylic acid groups (broad SMARTS) is 2. The number of aliphatic hydroxyl groups is 1. The van der Waals surface area contributed by atoms with E-state index < -0.39 is 24.0 Å². The summed E-state index contributed by atoms with van der Waals surface area (Å²) in [5.74, 6) is -3.72. The van der Waals surface area contributed by atoms with Crippen LogP contribution in [0.4, 0.5) is 0 Å². The summed E-state index contributed by atoms with van der Waals surface area (Å²) in [6.07, 6.45) is 2.23. The molecule has 0 aliphatic carbocycles. The van der Waals surface area contributed by atoms with Crippen LogP contribution in [-0.2, 0) is 9.59 Å². The van der Waals surface area contributed by atoms with Gasteiger partial charge < -0.3 is 15.3 Å². The standard InChI is InChI=1S/C12H22O5/c1-3-4-8(2)7-9(13)5-6-10(11(14)15)12(16)17/h8-10,13H,3-7H2,1-2H3,(H,14,15)(H,16,17). The largest absolute Gasteiger partial charge is 0.481 e. The number of hydrogen-bond donors (Lipinski definition) is 3. The highest BCUT2D eigenvalue weighted by Crippen LogP contribution is 2.17. The molecule has 100 valence electrons. The SMILES string of the molecule is CCCC(C)CC(O)CCC(C(=O)O)C(=O)O. The van der Waals surface area contributed by atoms with Gasteiger partial charge in [-0.2, -0.15) is 0 Å². The molecular weight excluding hydrogens is 224 g/mol. The summed E-state index contributed by atoms with van der Waals surface area (Å²) in [7, 11) is 0. The van der Waals surface area contributed by atoms with Crippen molar-refractivity contribution in [1.29, 1.82) is 0 Å². The first kappa shape index (κ1) is 15.9. The first-order valence-electron chi connectivity index (χ1n) is 6.02. The second kappa shape index (κ2) is 8.06. The maximum atomic E-state index is 10.6. The highest BCUT2D eigenvalue weighted by molar-refractivity contribution is 5.92. The summed E-state index contributed by atoms with van der Waals surface area (Å²) in [4.78, 5) is 21.2. The van der Waals surface area contributed by atoms with Gasteiger partial charge in [0.15, 0.2) is 5.92 Å². The lowest BCUT2D eigenvalue weighted by Crippen LogP contribution is -2.25. The minimum atomic E-state index is -1.41. The van der Waals surface area contributed by atoms with Crippen LogP contribution in [0, 0.1) is 11.8 Å². The summed E-state index contributed by atoms with van der Waals surface area (Å²) < 4.78 is 0. The number of rotatable bonds is 9. The summed E-state index contributed by atoms with van der Waals surface area (Å²) in [6.45, 7) is 4.09. The van der Waals surface area contributed by atoms with Crippen molar-refractivity contribution in [3.63, 3.8) is 0 Å². The highest BCUT2D eigenvalue weighted by atomic mass is 16.4. The van der Waals surface area contributed by atoms with Gasteiger partial charge >= 0.3 is 11.9 Å². The Bertz CT molecular complexity index is 237. The molecule has 0 aliphatic rings. The van der Waals surface area contributed by atoms with Crippen molar-refractivity contribution in [2.45, 2.75) is 52.1 Å². The minimum absolute atomic E-state index is 0.0231. The molecule has 5 nitrogen and oxygen atoms in total. The summed E-state index contributed by atoms with van der Waals surface area (Å²) in [5, 5.41) is 27.0. The number of aliphatic hydroxyl groups excluding tert-OH is 1. The third kappa shape index (κ3) is 6.94. The van der Waals surface area contributed by atoms with Gasteiger partial charge in [-0.05, 0) is 25.2 Å². The molecule has 5 heteroatoms. The lowest BCUT2D eigenvalue weighted by Gasteiger charge is -2.16. The molecule has 0 spiro atoms. The van der Waals surface area contributed by atoms with Crippen LogP contribution in [0.3, 0.4) is 0 Å². The average Bonchev–Trinajstić information content (AvgIpc) is 2.16. The van der Waals surface area contributed by atoms with E-state index in [1.807, 2.05) is 6.92 Å². The van der Waals surface area contributed by atoms with E-state index in [1.54, 1.807) is 0 Å². The van der Waals surface area contributed by atoms with Gasteiger partial charge in [0, 0.05) is 0 Å². The van der Waals surface area contributed by atoms with Gasteiger partial charge in [0.05, 0.1) is 6.10 Å². The quantitative estimate of drug-likeness (QED) is 0.539.